The summed E-state index contributed by atoms with van der Waals surface area (Å²) in [5.74, 6) is -1.85. The van der Waals surface area contributed by atoms with Crippen molar-refractivity contribution in [2.45, 2.75) is 125 Å². The average Bonchev–Trinajstić information content (AvgIpc) is 3.08. The topological polar surface area (TPSA) is 93.1 Å². The van der Waals surface area contributed by atoms with Gasteiger partial charge in [0.1, 0.15) is 6.10 Å². The van der Waals surface area contributed by atoms with Gasteiger partial charge in [0.15, 0.2) is 0 Å². The molecule has 6 nitrogen and oxygen atoms in total. The van der Waals surface area contributed by atoms with Crippen LogP contribution in [0.3, 0.4) is 0 Å². The molecule has 0 bridgehead atoms. The van der Waals surface area contributed by atoms with Crippen LogP contribution in [0.25, 0.3) is 0 Å². The number of esters is 2. The Morgan fingerprint density at radius 2 is 1.79 bits per heavy atom. The van der Waals surface area contributed by atoms with E-state index < -0.39 is 35.3 Å². The fourth-order valence-electron chi connectivity index (χ4n) is 10.3. The van der Waals surface area contributed by atoms with Crippen molar-refractivity contribution in [3.8, 4) is 0 Å². The van der Waals surface area contributed by atoms with Crippen LogP contribution in [0.2, 0.25) is 0 Å². The van der Waals surface area contributed by atoms with Crippen molar-refractivity contribution in [2.24, 2.45) is 45.3 Å². The fourth-order valence-corrected chi connectivity index (χ4v) is 10.3. The minimum Gasteiger partial charge on any atom is -0.461 e. The van der Waals surface area contributed by atoms with Gasteiger partial charge in [-0.2, -0.15) is 0 Å². The molecular formula is C33H50O6. The van der Waals surface area contributed by atoms with Gasteiger partial charge in [-0.3, -0.25) is 4.79 Å². The van der Waals surface area contributed by atoms with E-state index >= 15 is 0 Å². The number of ether oxygens (including phenoxy) is 2. The van der Waals surface area contributed by atoms with E-state index in [1.54, 1.807) is 0 Å². The Labute approximate surface area is 234 Å². The standard InChI is InChI=1S/C33H50O6/c1-9-29(4)14-10-15-30(5)22(29)13-16-31(6)23-12-11-20-27(28(36)39-33(20,8)37)32(23,7)25(18-24(30)31)38-26(35)17-21(34)19(2)3/h11-12,19,21-25,34,37H,9-10,13-18H2,1-8H3. The summed E-state index contributed by atoms with van der Waals surface area (Å²) in [7, 11) is 0. The molecule has 39 heavy (non-hydrogen) atoms. The zero-order valence-corrected chi connectivity index (χ0v) is 25.3. The lowest BCUT2D eigenvalue weighted by molar-refractivity contribution is -0.218. The molecule has 0 radical (unpaired) electrons. The molecule has 0 spiro atoms. The molecule has 2 N–H and O–H groups in total. The van der Waals surface area contributed by atoms with E-state index in [-0.39, 0.29) is 29.1 Å². The van der Waals surface area contributed by atoms with E-state index in [4.69, 9.17) is 9.47 Å². The average molecular weight is 543 g/mol. The summed E-state index contributed by atoms with van der Waals surface area (Å²) >= 11 is 0. The van der Waals surface area contributed by atoms with Crippen molar-refractivity contribution < 1.29 is 29.3 Å². The summed E-state index contributed by atoms with van der Waals surface area (Å²) < 4.78 is 11.8. The summed E-state index contributed by atoms with van der Waals surface area (Å²) in [5, 5.41) is 21.5. The third-order valence-electron chi connectivity index (χ3n) is 12.6. The lowest BCUT2D eigenvalue weighted by Crippen LogP contribution is -2.65. The smallest absolute Gasteiger partial charge is 0.338 e. The monoisotopic (exact) mass is 542 g/mol. The number of rotatable bonds is 5. The summed E-state index contributed by atoms with van der Waals surface area (Å²) in [6.07, 6.45) is 10.3. The number of aliphatic hydroxyl groups is 2. The van der Waals surface area contributed by atoms with Crippen molar-refractivity contribution >= 4 is 11.9 Å². The predicted octanol–water partition coefficient (Wildman–Crippen LogP) is 6.10. The Balaban J connectivity index is 1.61. The van der Waals surface area contributed by atoms with Gasteiger partial charge < -0.3 is 19.7 Å². The number of carbonyl (C=O) groups excluding carboxylic acids is 2. The lowest BCUT2D eigenvalue weighted by Gasteiger charge is -2.69. The molecule has 3 fully saturated rings. The Morgan fingerprint density at radius 1 is 1.10 bits per heavy atom. The van der Waals surface area contributed by atoms with Crippen LogP contribution in [-0.4, -0.2) is 40.1 Å². The highest BCUT2D eigenvalue weighted by atomic mass is 16.7. The molecule has 10 unspecified atom stereocenters. The van der Waals surface area contributed by atoms with Crippen LogP contribution in [0.15, 0.2) is 23.3 Å². The number of aliphatic hydroxyl groups excluding tert-OH is 1. The summed E-state index contributed by atoms with van der Waals surface area (Å²) in [4.78, 5) is 26.7. The molecule has 5 aliphatic rings. The van der Waals surface area contributed by atoms with Gasteiger partial charge in [0.2, 0.25) is 5.79 Å². The van der Waals surface area contributed by atoms with Crippen LogP contribution in [0.1, 0.15) is 107 Å². The third-order valence-corrected chi connectivity index (χ3v) is 12.6. The first kappa shape index (κ1) is 28.9. The molecule has 10 atom stereocenters. The molecule has 5 rings (SSSR count). The molecular weight excluding hydrogens is 492 g/mol. The molecule has 4 aliphatic carbocycles. The van der Waals surface area contributed by atoms with Crippen LogP contribution < -0.4 is 0 Å². The Hall–Kier alpha value is -1.66. The van der Waals surface area contributed by atoms with Gasteiger partial charge in [-0.15, -0.1) is 0 Å². The number of fused-ring (bicyclic) bond motifs is 6. The maximum absolute atomic E-state index is 13.4. The van der Waals surface area contributed by atoms with Gasteiger partial charge in [0.25, 0.3) is 0 Å². The lowest BCUT2D eigenvalue weighted by atomic mass is 9.35. The third kappa shape index (κ3) is 4.01. The highest BCUT2D eigenvalue weighted by Gasteiger charge is 2.70. The molecule has 218 valence electrons. The van der Waals surface area contributed by atoms with E-state index in [2.05, 4.69) is 33.8 Å². The van der Waals surface area contributed by atoms with Gasteiger partial charge in [-0.1, -0.05) is 73.5 Å². The van der Waals surface area contributed by atoms with E-state index in [0.29, 0.717) is 34.8 Å². The largest absolute Gasteiger partial charge is 0.461 e. The highest BCUT2D eigenvalue weighted by molar-refractivity contribution is 5.96. The van der Waals surface area contributed by atoms with Crippen LogP contribution in [-0.2, 0) is 19.1 Å². The fraction of sp³-hybridized carbons (Fsp3) is 0.818. The SMILES string of the molecule is CCC1(C)CCCC2(C)C1CCC1(C)C2CC(OC(=O)CC(O)C(C)C)C2(C)C3=C(C=CC12)C(C)(O)OC3=O. The number of carbonyl (C=O) groups is 2. The van der Waals surface area contributed by atoms with Crippen LogP contribution in [0.4, 0.5) is 0 Å². The van der Waals surface area contributed by atoms with Crippen LogP contribution >= 0.6 is 0 Å². The predicted molar refractivity (Wildman–Crippen MR) is 149 cm³/mol. The van der Waals surface area contributed by atoms with Crippen molar-refractivity contribution in [3.63, 3.8) is 0 Å². The summed E-state index contributed by atoms with van der Waals surface area (Å²) in [5.41, 5.74) is 0.398. The second-order valence-electron chi connectivity index (χ2n) is 15.0. The zero-order chi connectivity index (χ0) is 28.8. The molecule has 0 aromatic heterocycles. The molecule has 1 heterocycles. The maximum atomic E-state index is 13.4. The van der Waals surface area contributed by atoms with Crippen molar-refractivity contribution in [1.82, 2.24) is 0 Å². The second-order valence-corrected chi connectivity index (χ2v) is 15.0. The first-order valence-electron chi connectivity index (χ1n) is 15.3. The second kappa shape index (κ2) is 9.17. The van der Waals surface area contributed by atoms with E-state index in [1.807, 2.05) is 26.8 Å². The zero-order valence-electron chi connectivity index (χ0n) is 25.3. The highest BCUT2D eigenvalue weighted by Crippen LogP contribution is 2.73. The van der Waals surface area contributed by atoms with Gasteiger partial charge in [0, 0.05) is 17.9 Å². The van der Waals surface area contributed by atoms with E-state index in [0.717, 1.165) is 19.3 Å². The Bertz CT molecular complexity index is 1100. The first-order valence-corrected chi connectivity index (χ1v) is 15.3. The van der Waals surface area contributed by atoms with Gasteiger partial charge in [-0.25, -0.2) is 4.79 Å². The minimum absolute atomic E-state index is 0.0515. The molecule has 0 aromatic rings. The van der Waals surface area contributed by atoms with Crippen molar-refractivity contribution in [2.75, 3.05) is 0 Å². The first-order chi connectivity index (χ1) is 18.0. The Kier molecular flexibility index (Phi) is 6.79. The normalized spacial score (nSPS) is 47.6. The van der Waals surface area contributed by atoms with E-state index in [9.17, 15) is 19.8 Å². The van der Waals surface area contributed by atoms with Crippen molar-refractivity contribution in [3.05, 3.63) is 23.3 Å². The van der Waals surface area contributed by atoms with Crippen LogP contribution in [0, 0.1) is 45.3 Å². The molecule has 3 saturated carbocycles. The van der Waals surface area contributed by atoms with Crippen molar-refractivity contribution in [1.29, 1.82) is 0 Å². The number of cyclic esters (lactones) is 1. The number of hydrogen-bond donors (Lipinski definition) is 2. The molecule has 1 aliphatic heterocycles. The van der Waals surface area contributed by atoms with E-state index in [1.165, 1.54) is 26.2 Å². The summed E-state index contributed by atoms with van der Waals surface area (Å²) in [6, 6.07) is 0. The number of allylic oxidation sites excluding steroid dienone is 1. The molecule has 0 amide bonds. The molecule has 6 heteroatoms. The maximum Gasteiger partial charge on any atom is 0.338 e. The van der Waals surface area contributed by atoms with Gasteiger partial charge in [-0.05, 0) is 72.0 Å². The van der Waals surface area contributed by atoms with Crippen LogP contribution in [0.5, 0.6) is 0 Å². The van der Waals surface area contributed by atoms with Gasteiger partial charge >= 0.3 is 11.9 Å². The minimum atomic E-state index is -1.70. The Morgan fingerprint density at radius 3 is 2.44 bits per heavy atom. The molecule has 0 saturated heterocycles. The molecule has 0 aromatic carbocycles. The van der Waals surface area contributed by atoms with Gasteiger partial charge in [0.05, 0.1) is 18.1 Å². The quantitative estimate of drug-likeness (QED) is 0.408. The number of hydrogen-bond acceptors (Lipinski definition) is 6. The summed E-state index contributed by atoms with van der Waals surface area (Å²) in [6.45, 7) is 17.0.